The third-order valence-electron chi connectivity index (χ3n) is 10.8. The average Bonchev–Trinajstić information content (AvgIpc) is 3.68. The van der Waals surface area contributed by atoms with Crippen LogP contribution in [0, 0.1) is 18.6 Å². The standard InChI is InChI=1S/C41H43F2N11O4/c1-23(2)53-24(3)47-37-28(42)18-26(19-32(37)53)36-29(43)21-46-41(50-36)48-33-10-8-25(20-45-33)22-52-16-14-51(15-17-52)13-5-12-44-30-7-4-6-27-35(30)40(58)54(39(27)57)31-9-11-34(55)49-38(31)56/h4,6-8,10,18-21,23,31,44H,5,9,11-17,22H2,1-3H3,(H,49,55,56)(H,45,46,48,50). The van der Waals surface area contributed by atoms with Crippen molar-refractivity contribution in [1.29, 1.82) is 0 Å². The molecule has 2 fully saturated rings. The van der Waals surface area contributed by atoms with Gasteiger partial charge in [-0.15, -0.1) is 0 Å². The Bertz CT molecular complexity index is 2430. The first-order chi connectivity index (χ1) is 27.9. The molecule has 4 amide bonds. The molecular formula is C41H43F2N11O4. The maximum Gasteiger partial charge on any atom is 0.264 e. The summed E-state index contributed by atoms with van der Waals surface area (Å²) >= 11 is 0. The van der Waals surface area contributed by atoms with Crippen molar-refractivity contribution in [2.45, 2.75) is 58.7 Å². The second kappa shape index (κ2) is 16.0. The number of hydrogen-bond donors (Lipinski definition) is 3. The molecule has 5 aromatic rings. The lowest BCUT2D eigenvalue weighted by atomic mass is 10.0. The number of aromatic nitrogens is 5. The third-order valence-corrected chi connectivity index (χ3v) is 10.8. The number of nitrogens with zero attached hydrogens (tertiary/aromatic N) is 8. The van der Waals surface area contributed by atoms with Crippen molar-refractivity contribution in [3.63, 3.8) is 0 Å². The van der Waals surface area contributed by atoms with Crippen molar-refractivity contribution in [3.05, 3.63) is 89.0 Å². The van der Waals surface area contributed by atoms with Crippen LogP contribution < -0.4 is 16.0 Å². The number of aryl methyl sites for hydroxylation is 1. The molecule has 0 aliphatic carbocycles. The topological polar surface area (TPSA) is 171 Å². The average molecular weight is 792 g/mol. The van der Waals surface area contributed by atoms with E-state index in [-0.39, 0.29) is 52.7 Å². The number of carbonyl (C=O) groups excluding carboxylic acids is 4. The van der Waals surface area contributed by atoms with Crippen molar-refractivity contribution >= 4 is 52.1 Å². The molecule has 6 heterocycles. The molecule has 0 spiro atoms. The number of piperazine rings is 1. The van der Waals surface area contributed by atoms with Crippen molar-refractivity contribution in [1.82, 2.24) is 44.5 Å². The Morgan fingerprint density at radius 1 is 0.914 bits per heavy atom. The van der Waals surface area contributed by atoms with E-state index in [1.165, 1.54) is 6.07 Å². The number of amides is 4. The number of imidazole rings is 1. The van der Waals surface area contributed by atoms with Gasteiger partial charge in [0.05, 0.1) is 22.8 Å². The fourth-order valence-corrected chi connectivity index (χ4v) is 8.01. The van der Waals surface area contributed by atoms with Crippen LogP contribution in [-0.2, 0) is 16.1 Å². The SMILES string of the molecule is Cc1nc2c(F)cc(-c3nc(Nc4ccc(CN5CCN(CCCNc6cccc7c6C(=O)N(C6CCC(=O)NC6=O)C7=O)CC5)cn4)ncc3F)cc2n1C(C)C. The van der Waals surface area contributed by atoms with Crippen molar-refractivity contribution in [2.24, 2.45) is 0 Å². The van der Waals surface area contributed by atoms with Gasteiger partial charge in [-0.25, -0.2) is 28.7 Å². The lowest BCUT2D eigenvalue weighted by Gasteiger charge is -2.34. The highest BCUT2D eigenvalue weighted by molar-refractivity contribution is 6.25. The molecule has 8 rings (SSSR count). The van der Waals surface area contributed by atoms with Gasteiger partial charge in [-0.1, -0.05) is 12.1 Å². The largest absolute Gasteiger partial charge is 0.384 e. The van der Waals surface area contributed by atoms with Gasteiger partial charge in [-0.05, 0) is 76.1 Å². The Balaban J connectivity index is 0.808. The summed E-state index contributed by atoms with van der Waals surface area (Å²) in [5.74, 6) is -2.04. The predicted molar refractivity (Wildman–Crippen MR) is 211 cm³/mol. The molecule has 15 nitrogen and oxygen atoms in total. The molecule has 300 valence electrons. The smallest absolute Gasteiger partial charge is 0.264 e. The summed E-state index contributed by atoms with van der Waals surface area (Å²) in [6, 6.07) is 10.8. The molecule has 0 bridgehead atoms. The predicted octanol–water partition coefficient (Wildman–Crippen LogP) is 4.82. The summed E-state index contributed by atoms with van der Waals surface area (Å²) in [6.45, 7) is 11.5. The van der Waals surface area contributed by atoms with Crippen LogP contribution in [0.4, 0.5) is 26.2 Å². The van der Waals surface area contributed by atoms with Gasteiger partial charge in [0, 0.05) is 69.2 Å². The Morgan fingerprint density at radius 2 is 1.71 bits per heavy atom. The summed E-state index contributed by atoms with van der Waals surface area (Å²) in [6.07, 6.45) is 3.84. The molecule has 17 heteroatoms. The number of halogens is 2. The molecule has 2 aromatic carbocycles. The highest BCUT2D eigenvalue weighted by Gasteiger charge is 2.45. The number of imide groups is 2. The van der Waals surface area contributed by atoms with Gasteiger partial charge in [0.25, 0.3) is 11.8 Å². The molecule has 2 saturated heterocycles. The third kappa shape index (κ3) is 7.61. The quantitative estimate of drug-likeness (QED) is 0.117. The van der Waals surface area contributed by atoms with E-state index in [1.807, 2.05) is 37.5 Å². The summed E-state index contributed by atoms with van der Waals surface area (Å²) in [5.41, 5.74) is 3.14. The molecule has 0 radical (unpaired) electrons. The maximum atomic E-state index is 15.1. The fourth-order valence-electron chi connectivity index (χ4n) is 8.01. The Labute approximate surface area is 332 Å². The van der Waals surface area contributed by atoms with E-state index in [0.717, 1.165) is 62.3 Å². The van der Waals surface area contributed by atoms with Crippen molar-refractivity contribution < 1.29 is 28.0 Å². The molecule has 1 unspecified atom stereocenters. The van der Waals surface area contributed by atoms with Crippen molar-refractivity contribution in [2.75, 3.05) is 49.9 Å². The molecule has 3 aliphatic heterocycles. The van der Waals surface area contributed by atoms with Gasteiger partial charge in [0.2, 0.25) is 17.8 Å². The van der Waals surface area contributed by atoms with Gasteiger partial charge in [-0.2, -0.15) is 0 Å². The second-order valence-electron chi connectivity index (χ2n) is 15.1. The number of pyridine rings is 1. The first kappa shape index (κ1) is 38.7. The number of benzene rings is 2. The van der Waals surface area contributed by atoms with Gasteiger partial charge in [0.1, 0.15) is 28.9 Å². The molecule has 1 atom stereocenters. The number of anilines is 3. The minimum absolute atomic E-state index is 0.0315. The van der Waals surface area contributed by atoms with Crippen LogP contribution in [0.1, 0.15) is 71.3 Å². The number of fused-ring (bicyclic) bond motifs is 2. The Hall–Kier alpha value is -6.20. The molecule has 58 heavy (non-hydrogen) atoms. The molecule has 3 N–H and O–H groups in total. The number of carbonyl (C=O) groups is 4. The fraction of sp³-hybridized carbons (Fsp3) is 0.366. The van der Waals surface area contributed by atoms with Gasteiger partial charge in [0.15, 0.2) is 11.6 Å². The number of rotatable bonds is 12. The highest BCUT2D eigenvalue weighted by atomic mass is 19.1. The summed E-state index contributed by atoms with van der Waals surface area (Å²) in [4.78, 5) is 73.6. The summed E-state index contributed by atoms with van der Waals surface area (Å²) < 4.78 is 32.0. The van der Waals surface area contributed by atoms with E-state index in [9.17, 15) is 19.2 Å². The number of nitrogens with one attached hydrogen (secondary N) is 3. The van der Waals surface area contributed by atoms with Crippen molar-refractivity contribution in [3.8, 4) is 11.3 Å². The zero-order valence-electron chi connectivity index (χ0n) is 32.4. The van der Waals surface area contributed by atoms with E-state index in [1.54, 1.807) is 30.5 Å². The van der Waals surface area contributed by atoms with Gasteiger partial charge in [-0.3, -0.25) is 34.3 Å². The first-order valence-electron chi connectivity index (χ1n) is 19.4. The highest BCUT2D eigenvalue weighted by Crippen LogP contribution is 2.33. The molecule has 3 aliphatic rings. The normalized spacial score (nSPS) is 17.7. The zero-order chi connectivity index (χ0) is 40.7. The van der Waals surface area contributed by atoms with Crippen LogP contribution in [0.15, 0.2) is 54.9 Å². The molecule has 3 aromatic heterocycles. The lowest BCUT2D eigenvalue weighted by molar-refractivity contribution is -0.136. The van der Waals surface area contributed by atoms with Crippen LogP contribution in [0.2, 0.25) is 0 Å². The zero-order valence-corrected chi connectivity index (χ0v) is 32.4. The Morgan fingerprint density at radius 3 is 2.45 bits per heavy atom. The monoisotopic (exact) mass is 791 g/mol. The summed E-state index contributed by atoms with van der Waals surface area (Å²) in [7, 11) is 0. The van der Waals surface area contributed by atoms with Crippen LogP contribution in [-0.4, -0.2) is 108 Å². The van der Waals surface area contributed by atoms with E-state index in [2.05, 4.69) is 45.7 Å². The van der Waals surface area contributed by atoms with E-state index < -0.39 is 41.3 Å². The molecule has 0 saturated carbocycles. The van der Waals surface area contributed by atoms with E-state index in [4.69, 9.17) is 0 Å². The van der Waals surface area contributed by atoms with Gasteiger partial charge >= 0.3 is 0 Å². The van der Waals surface area contributed by atoms with Crippen LogP contribution in [0.3, 0.4) is 0 Å². The summed E-state index contributed by atoms with van der Waals surface area (Å²) in [5, 5.41) is 8.58. The van der Waals surface area contributed by atoms with E-state index in [0.29, 0.717) is 29.4 Å². The van der Waals surface area contributed by atoms with Gasteiger partial charge < -0.3 is 20.1 Å². The first-order valence-corrected chi connectivity index (χ1v) is 19.4. The maximum absolute atomic E-state index is 15.1. The van der Waals surface area contributed by atoms with Crippen LogP contribution in [0.5, 0.6) is 0 Å². The molecular weight excluding hydrogens is 749 g/mol. The Kier molecular flexibility index (Phi) is 10.7. The minimum atomic E-state index is -1.00. The van der Waals surface area contributed by atoms with E-state index >= 15 is 8.78 Å². The number of hydrogen-bond acceptors (Lipinski definition) is 12. The van der Waals surface area contributed by atoms with Crippen LogP contribution >= 0.6 is 0 Å². The minimum Gasteiger partial charge on any atom is -0.384 e. The van der Waals surface area contributed by atoms with Crippen LogP contribution in [0.25, 0.3) is 22.3 Å². The number of piperidine rings is 1. The second-order valence-corrected chi connectivity index (χ2v) is 15.1. The lowest BCUT2D eigenvalue weighted by Crippen LogP contribution is -2.54.